The fourth-order valence-electron chi connectivity index (χ4n) is 2.81. The quantitative estimate of drug-likeness (QED) is 0.872. The van der Waals surface area contributed by atoms with Gasteiger partial charge in [-0.1, -0.05) is 18.2 Å². The molecule has 1 aliphatic heterocycles. The highest BCUT2D eigenvalue weighted by Crippen LogP contribution is 2.30. The summed E-state index contributed by atoms with van der Waals surface area (Å²) in [5, 5.41) is 2.95. The predicted molar refractivity (Wildman–Crippen MR) is 95.5 cm³/mol. The van der Waals surface area contributed by atoms with E-state index in [9.17, 15) is 4.79 Å². The zero-order valence-electron chi connectivity index (χ0n) is 14.5. The zero-order chi connectivity index (χ0) is 17.6. The number of benzene rings is 2. The Morgan fingerprint density at radius 2 is 1.96 bits per heavy atom. The van der Waals surface area contributed by atoms with Crippen molar-refractivity contribution in [3.05, 3.63) is 48.0 Å². The molecule has 1 N–H and O–H groups in total. The van der Waals surface area contributed by atoms with Crippen molar-refractivity contribution in [3.63, 3.8) is 0 Å². The van der Waals surface area contributed by atoms with Crippen molar-refractivity contribution in [1.29, 1.82) is 0 Å². The molecular weight excluding hydrogens is 320 g/mol. The molecule has 0 unspecified atom stereocenters. The number of nitrogens with zero attached hydrogens (tertiary/aromatic N) is 1. The van der Waals surface area contributed by atoms with Gasteiger partial charge in [-0.2, -0.15) is 0 Å². The Hall–Kier alpha value is -2.89. The fourth-order valence-corrected chi connectivity index (χ4v) is 2.81. The molecule has 2 aromatic carbocycles. The van der Waals surface area contributed by atoms with Gasteiger partial charge in [0.1, 0.15) is 12.4 Å². The molecule has 1 heterocycles. The molecule has 25 heavy (non-hydrogen) atoms. The molecule has 0 bridgehead atoms. The number of fused-ring (bicyclic) bond motifs is 1. The Bertz CT molecular complexity index is 748. The highest BCUT2D eigenvalue weighted by atomic mass is 16.5. The molecule has 0 aromatic heterocycles. The third-order valence-corrected chi connectivity index (χ3v) is 4.10. The van der Waals surface area contributed by atoms with Crippen molar-refractivity contribution in [1.82, 2.24) is 5.32 Å². The molecule has 0 aliphatic carbocycles. The molecule has 3 rings (SSSR count). The SMILES string of the molecule is COc1ccc(CNC(=O)CN2CCOc3ccccc32)cc1OC. The fraction of sp³-hybridized carbons (Fsp3) is 0.316. The average molecular weight is 342 g/mol. The van der Waals surface area contributed by atoms with Crippen molar-refractivity contribution in [2.45, 2.75) is 6.54 Å². The molecule has 2 aromatic rings. The van der Waals surface area contributed by atoms with Gasteiger partial charge in [0.25, 0.3) is 0 Å². The molecule has 0 fully saturated rings. The van der Waals surface area contributed by atoms with Gasteiger partial charge in [0, 0.05) is 6.54 Å². The van der Waals surface area contributed by atoms with Crippen LogP contribution in [0.3, 0.4) is 0 Å². The van der Waals surface area contributed by atoms with E-state index in [1.165, 1.54) is 0 Å². The van der Waals surface area contributed by atoms with Gasteiger partial charge in [0.15, 0.2) is 11.5 Å². The maximum atomic E-state index is 12.3. The van der Waals surface area contributed by atoms with Crippen molar-refractivity contribution in [3.8, 4) is 17.2 Å². The van der Waals surface area contributed by atoms with E-state index in [4.69, 9.17) is 14.2 Å². The molecule has 0 saturated carbocycles. The van der Waals surface area contributed by atoms with E-state index in [1.54, 1.807) is 14.2 Å². The van der Waals surface area contributed by atoms with E-state index in [0.717, 1.165) is 17.0 Å². The molecule has 6 nitrogen and oxygen atoms in total. The summed E-state index contributed by atoms with van der Waals surface area (Å²) in [6, 6.07) is 13.4. The van der Waals surface area contributed by atoms with Crippen LogP contribution in [0.4, 0.5) is 5.69 Å². The van der Waals surface area contributed by atoms with E-state index in [0.29, 0.717) is 37.7 Å². The van der Waals surface area contributed by atoms with Gasteiger partial charge in [0.05, 0.1) is 33.0 Å². The summed E-state index contributed by atoms with van der Waals surface area (Å²) in [6.45, 7) is 2.01. The Morgan fingerprint density at radius 1 is 1.16 bits per heavy atom. The predicted octanol–water partition coefficient (Wildman–Crippen LogP) is 2.22. The Morgan fingerprint density at radius 3 is 2.76 bits per heavy atom. The van der Waals surface area contributed by atoms with Crippen LogP contribution in [0, 0.1) is 0 Å². The van der Waals surface area contributed by atoms with Gasteiger partial charge in [-0.3, -0.25) is 4.79 Å². The highest BCUT2D eigenvalue weighted by Gasteiger charge is 2.19. The lowest BCUT2D eigenvalue weighted by atomic mass is 10.2. The molecule has 0 spiro atoms. The summed E-state index contributed by atoms with van der Waals surface area (Å²) in [4.78, 5) is 14.4. The van der Waals surface area contributed by atoms with Crippen LogP contribution in [0.15, 0.2) is 42.5 Å². The lowest BCUT2D eigenvalue weighted by molar-refractivity contribution is -0.120. The Balaban J connectivity index is 1.59. The molecule has 1 aliphatic rings. The number of methoxy groups -OCH3 is 2. The number of para-hydroxylation sites is 2. The number of rotatable bonds is 6. The van der Waals surface area contributed by atoms with Crippen molar-refractivity contribution in [2.24, 2.45) is 0 Å². The third-order valence-electron chi connectivity index (χ3n) is 4.10. The minimum absolute atomic E-state index is 0.0357. The van der Waals surface area contributed by atoms with E-state index >= 15 is 0 Å². The van der Waals surface area contributed by atoms with Crippen LogP contribution >= 0.6 is 0 Å². The van der Waals surface area contributed by atoms with Crippen molar-refractivity contribution in [2.75, 3.05) is 38.8 Å². The van der Waals surface area contributed by atoms with Gasteiger partial charge in [-0.25, -0.2) is 0 Å². The average Bonchev–Trinajstić information content (AvgIpc) is 2.66. The number of anilines is 1. The second kappa shape index (κ2) is 7.79. The van der Waals surface area contributed by atoms with Gasteiger partial charge in [0.2, 0.25) is 5.91 Å². The molecule has 6 heteroatoms. The van der Waals surface area contributed by atoms with E-state index in [2.05, 4.69) is 5.32 Å². The van der Waals surface area contributed by atoms with E-state index in [1.807, 2.05) is 47.4 Å². The second-order valence-electron chi connectivity index (χ2n) is 5.70. The summed E-state index contributed by atoms with van der Waals surface area (Å²) in [5.74, 6) is 2.10. The van der Waals surface area contributed by atoms with Gasteiger partial charge in [-0.05, 0) is 29.8 Å². The first kappa shape index (κ1) is 17.0. The summed E-state index contributed by atoms with van der Waals surface area (Å²) in [5.41, 5.74) is 1.91. The minimum atomic E-state index is -0.0357. The molecular formula is C19H22N2O4. The number of hydrogen-bond donors (Lipinski definition) is 1. The van der Waals surface area contributed by atoms with Gasteiger partial charge >= 0.3 is 0 Å². The van der Waals surface area contributed by atoms with Crippen LogP contribution in [-0.4, -0.2) is 39.8 Å². The van der Waals surface area contributed by atoms with E-state index < -0.39 is 0 Å². The summed E-state index contributed by atoms with van der Waals surface area (Å²) in [6.07, 6.45) is 0. The van der Waals surface area contributed by atoms with Gasteiger partial charge < -0.3 is 24.4 Å². The zero-order valence-corrected chi connectivity index (χ0v) is 14.5. The molecule has 132 valence electrons. The highest BCUT2D eigenvalue weighted by molar-refractivity contribution is 5.82. The molecule has 1 amide bonds. The first-order valence-electron chi connectivity index (χ1n) is 8.15. The molecule has 0 atom stereocenters. The monoisotopic (exact) mass is 342 g/mol. The summed E-state index contributed by atoms with van der Waals surface area (Å²) >= 11 is 0. The minimum Gasteiger partial charge on any atom is -0.493 e. The first-order chi connectivity index (χ1) is 12.2. The molecule has 0 saturated heterocycles. The number of ether oxygens (including phenoxy) is 3. The maximum Gasteiger partial charge on any atom is 0.239 e. The lowest BCUT2D eigenvalue weighted by Crippen LogP contribution is -2.41. The van der Waals surface area contributed by atoms with Crippen LogP contribution in [0.25, 0.3) is 0 Å². The summed E-state index contributed by atoms with van der Waals surface area (Å²) in [7, 11) is 3.19. The number of amides is 1. The normalized spacial score (nSPS) is 12.8. The number of carbonyl (C=O) groups is 1. The smallest absolute Gasteiger partial charge is 0.239 e. The standard InChI is InChI=1S/C19H22N2O4/c1-23-17-8-7-14(11-18(17)24-2)12-20-19(22)13-21-9-10-25-16-6-4-3-5-15(16)21/h3-8,11H,9-10,12-13H2,1-2H3,(H,20,22). The van der Waals surface area contributed by atoms with Gasteiger partial charge in [-0.15, -0.1) is 0 Å². The Kier molecular flexibility index (Phi) is 5.28. The van der Waals surface area contributed by atoms with Crippen molar-refractivity contribution >= 4 is 11.6 Å². The Labute approximate surface area is 147 Å². The first-order valence-corrected chi connectivity index (χ1v) is 8.15. The van der Waals surface area contributed by atoms with Crippen LogP contribution in [0.2, 0.25) is 0 Å². The third kappa shape index (κ3) is 3.96. The molecule has 0 radical (unpaired) electrons. The number of nitrogens with one attached hydrogen (secondary N) is 1. The number of hydrogen-bond acceptors (Lipinski definition) is 5. The largest absolute Gasteiger partial charge is 0.493 e. The lowest BCUT2D eigenvalue weighted by Gasteiger charge is -2.30. The second-order valence-corrected chi connectivity index (χ2v) is 5.70. The maximum absolute atomic E-state index is 12.3. The van der Waals surface area contributed by atoms with Crippen LogP contribution < -0.4 is 24.4 Å². The summed E-state index contributed by atoms with van der Waals surface area (Å²) < 4.78 is 16.1. The van der Waals surface area contributed by atoms with Crippen LogP contribution in [-0.2, 0) is 11.3 Å². The van der Waals surface area contributed by atoms with Crippen molar-refractivity contribution < 1.29 is 19.0 Å². The topological polar surface area (TPSA) is 60.0 Å². The number of carbonyl (C=O) groups excluding carboxylic acids is 1. The van der Waals surface area contributed by atoms with Crippen LogP contribution in [0.5, 0.6) is 17.2 Å². The van der Waals surface area contributed by atoms with Crippen LogP contribution in [0.1, 0.15) is 5.56 Å². The van der Waals surface area contributed by atoms with E-state index in [-0.39, 0.29) is 5.91 Å².